The predicted octanol–water partition coefficient (Wildman–Crippen LogP) is 4.12. The fraction of sp³-hybridized carbons (Fsp3) is 0.0588. The van der Waals surface area contributed by atoms with Crippen molar-refractivity contribution >= 4 is 28.5 Å². The lowest BCUT2D eigenvalue weighted by Crippen LogP contribution is -2.16. The first-order valence-corrected chi connectivity index (χ1v) is 6.92. The third-order valence-electron chi connectivity index (χ3n) is 3.50. The second-order valence-corrected chi connectivity index (χ2v) is 5.34. The Morgan fingerprint density at radius 1 is 1.18 bits per heavy atom. The van der Waals surface area contributed by atoms with Crippen LogP contribution in [0.15, 0.2) is 51.7 Å². The number of aromatic carboxylic acids is 1. The molecule has 0 aliphatic heterocycles. The Bertz CT molecular complexity index is 957. The second kappa shape index (κ2) is 5.31. The van der Waals surface area contributed by atoms with Gasteiger partial charge in [0.15, 0.2) is 5.56 Å². The van der Waals surface area contributed by atoms with E-state index in [1.807, 2.05) is 19.1 Å². The number of rotatable bonds is 2. The van der Waals surface area contributed by atoms with E-state index in [9.17, 15) is 14.7 Å². The van der Waals surface area contributed by atoms with Gasteiger partial charge >= 0.3 is 11.6 Å². The van der Waals surface area contributed by atoms with Crippen molar-refractivity contribution in [2.75, 3.05) is 0 Å². The Hall–Kier alpha value is -2.59. The van der Waals surface area contributed by atoms with Crippen LogP contribution in [0, 0.1) is 6.92 Å². The van der Waals surface area contributed by atoms with E-state index in [-0.39, 0.29) is 5.56 Å². The van der Waals surface area contributed by atoms with Crippen LogP contribution >= 0.6 is 11.6 Å². The van der Waals surface area contributed by atoms with Crippen molar-refractivity contribution in [2.45, 2.75) is 6.92 Å². The molecule has 3 rings (SSSR count). The van der Waals surface area contributed by atoms with Crippen LogP contribution in [0.5, 0.6) is 0 Å². The molecule has 0 bridgehead atoms. The zero-order valence-electron chi connectivity index (χ0n) is 11.6. The summed E-state index contributed by atoms with van der Waals surface area (Å²) in [5, 5.41) is 10.4. The Balaban J connectivity index is 2.57. The maximum absolute atomic E-state index is 12.1. The maximum Gasteiger partial charge on any atom is 0.351 e. The summed E-state index contributed by atoms with van der Waals surface area (Å²) >= 11 is 6.02. The molecule has 0 aliphatic rings. The highest BCUT2D eigenvalue weighted by Crippen LogP contribution is 2.33. The molecule has 0 amide bonds. The van der Waals surface area contributed by atoms with Crippen molar-refractivity contribution in [3.8, 4) is 11.1 Å². The van der Waals surface area contributed by atoms with Gasteiger partial charge in [0.1, 0.15) is 5.58 Å². The van der Waals surface area contributed by atoms with Crippen LogP contribution in [0.3, 0.4) is 0 Å². The average molecular weight is 315 g/mol. The number of carboxylic acid groups (broad SMARTS) is 1. The van der Waals surface area contributed by atoms with Gasteiger partial charge in [-0.3, -0.25) is 0 Å². The molecule has 1 aromatic heterocycles. The molecule has 0 radical (unpaired) electrons. The molecule has 0 aliphatic carbocycles. The minimum Gasteiger partial charge on any atom is -0.477 e. The number of aryl methyl sites for hydroxylation is 1. The van der Waals surface area contributed by atoms with Gasteiger partial charge in [0.05, 0.1) is 0 Å². The van der Waals surface area contributed by atoms with E-state index in [1.165, 1.54) is 0 Å². The van der Waals surface area contributed by atoms with Crippen molar-refractivity contribution in [3.05, 3.63) is 69.0 Å². The van der Waals surface area contributed by atoms with Crippen molar-refractivity contribution in [2.24, 2.45) is 0 Å². The average Bonchev–Trinajstić information content (AvgIpc) is 2.47. The summed E-state index contributed by atoms with van der Waals surface area (Å²) in [5.74, 6) is -1.33. The molecule has 0 unspecified atom stereocenters. The van der Waals surface area contributed by atoms with Crippen molar-refractivity contribution < 1.29 is 14.3 Å². The van der Waals surface area contributed by atoms with Crippen molar-refractivity contribution in [1.29, 1.82) is 0 Å². The van der Waals surface area contributed by atoms with Crippen LogP contribution in [0.2, 0.25) is 5.02 Å². The van der Waals surface area contributed by atoms with Gasteiger partial charge in [0.2, 0.25) is 0 Å². The lowest BCUT2D eigenvalue weighted by atomic mass is 9.94. The highest BCUT2D eigenvalue weighted by atomic mass is 35.5. The molecule has 2 aromatic carbocycles. The molecular formula is C17H11ClO4. The normalized spacial score (nSPS) is 10.8. The van der Waals surface area contributed by atoms with Gasteiger partial charge in [-0.15, -0.1) is 0 Å². The van der Waals surface area contributed by atoms with Crippen LogP contribution < -0.4 is 5.63 Å². The molecule has 4 nitrogen and oxygen atoms in total. The van der Waals surface area contributed by atoms with Crippen LogP contribution in [0.4, 0.5) is 0 Å². The van der Waals surface area contributed by atoms with E-state index < -0.39 is 11.6 Å². The molecule has 22 heavy (non-hydrogen) atoms. The zero-order valence-corrected chi connectivity index (χ0v) is 12.3. The Morgan fingerprint density at radius 2 is 1.91 bits per heavy atom. The number of fused-ring (bicyclic) bond motifs is 1. The first kappa shape index (κ1) is 14.4. The molecular weight excluding hydrogens is 304 g/mol. The number of carbonyl (C=O) groups is 1. The molecule has 110 valence electrons. The summed E-state index contributed by atoms with van der Waals surface area (Å²) in [6.45, 7) is 1.85. The molecule has 0 saturated carbocycles. The largest absolute Gasteiger partial charge is 0.477 e. The topological polar surface area (TPSA) is 67.5 Å². The van der Waals surface area contributed by atoms with Gasteiger partial charge in [-0.1, -0.05) is 35.9 Å². The molecule has 0 atom stereocenters. The van der Waals surface area contributed by atoms with E-state index in [2.05, 4.69) is 0 Å². The summed E-state index contributed by atoms with van der Waals surface area (Å²) in [6, 6.07) is 12.0. The molecule has 0 saturated heterocycles. The number of hydrogen-bond donors (Lipinski definition) is 1. The van der Waals surface area contributed by atoms with Crippen LogP contribution in [-0.4, -0.2) is 11.1 Å². The number of halogens is 1. The third-order valence-corrected chi connectivity index (χ3v) is 3.73. The number of benzene rings is 2. The SMILES string of the molecule is Cc1ccccc1-c1c(C(=O)O)c(=O)oc2ccc(Cl)cc12. The standard InChI is InChI=1S/C17H11ClO4/c1-9-4-2-3-5-11(9)14-12-8-10(18)6-7-13(12)22-17(21)15(14)16(19)20/h2-8H,1H3,(H,19,20). The molecule has 0 spiro atoms. The predicted molar refractivity (Wildman–Crippen MR) is 84.6 cm³/mol. The minimum atomic E-state index is -1.33. The van der Waals surface area contributed by atoms with E-state index in [0.29, 0.717) is 27.1 Å². The summed E-state index contributed by atoms with van der Waals surface area (Å²) in [6.07, 6.45) is 0. The first-order valence-electron chi connectivity index (χ1n) is 6.54. The summed E-state index contributed by atoms with van der Waals surface area (Å²) < 4.78 is 5.12. The van der Waals surface area contributed by atoms with E-state index in [1.54, 1.807) is 30.3 Å². The van der Waals surface area contributed by atoms with Crippen molar-refractivity contribution in [3.63, 3.8) is 0 Å². The van der Waals surface area contributed by atoms with Crippen LogP contribution in [0.25, 0.3) is 22.1 Å². The fourth-order valence-corrected chi connectivity index (χ4v) is 2.67. The van der Waals surface area contributed by atoms with E-state index in [4.69, 9.17) is 16.0 Å². The van der Waals surface area contributed by atoms with Gasteiger partial charge in [0, 0.05) is 16.0 Å². The van der Waals surface area contributed by atoms with Gasteiger partial charge in [-0.05, 0) is 36.2 Å². The molecule has 5 heteroatoms. The monoisotopic (exact) mass is 314 g/mol. The van der Waals surface area contributed by atoms with E-state index >= 15 is 0 Å². The maximum atomic E-state index is 12.1. The number of carboxylic acids is 1. The fourth-order valence-electron chi connectivity index (χ4n) is 2.50. The lowest BCUT2D eigenvalue weighted by molar-refractivity contribution is 0.0693. The minimum absolute atomic E-state index is 0.303. The first-order chi connectivity index (χ1) is 10.5. The van der Waals surface area contributed by atoms with Crippen molar-refractivity contribution in [1.82, 2.24) is 0 Å². The van der Waals surface area contributed by atoms with Gasteiger partial charge in [-0.2, -0.15) is 0 Å². The molecule has 1 heterocycles. The third kappa shape index (κ3) is 2.27. The Morgan fingerprint density at radius 3 is 2.59 bits per heavy atom. The second-order valence-electron chi connectivity index (χ2n) is 4.90. The molecule has 0 fully saturated rings. The van der Waals surface area contributed by atoms with Gasteiger partial charge in [-0.25, -0.2) is 9.59 Å². The molecule has 1 N–H and O–H groups in total. The summed E-state index contributed by atoms with van der Waals surface area (Å²) in [4.78, 5) is 23.6. The van der Waals surface area contributed by atoms with E-state index in [0.717, 1.165) is 5.56 Å². The smallest absolute Gasteiger partial charge is 0.351 e. The summed E-state index contributed by atoms with van der Waals surface area (Å²) in [7, 11) is 0. The number of hydrogen-bond acceptors (Lipinski definition) is 3. The summed E-state index contributed by atoms with van der Waals surface area (Å²) in [5.41, 5.74) is 0.901. The zero-order chi connectivity index (χ0) is 15.9. The van der Waals surface area contributed by atoms with Crippen LogP contribution in [-0.2, 0) is 0 Å². The highest BCUT2D eigenvalue weighted by molar-refractivity contribution is 6.31. The lowest BCUT2D eigenvalue weighted by Gasteiger charge is -2.11. The Kier molecular flexibility index (Phi) is 3.47. The van der Waals surface area contributed by atoms with Gasteiger partial charge < -0.3 is 9.52 Å². The van der Waals surface area contributed by atoms with Crippen LogP contribution in [0.1, 0.15) is 15.9 Å². The molecule has 3 aromatic rings. The van der Waals surface area contributed by atoms with Gasteiger partial charge in [0.25, 0.3) is 0 Å². The highest BCUT2D eigenvalue weighted by Gasteiger charge is 2.22. The Labute approximate surface area is 130 Å². The quantitative estimate of drug-likeness (QED) is 0.722.